The highest BCUT2D eigenvalue weighted by molar-refractivity contribution is 9.10. The van der Waals surface area contributed by atoms with Crippen LogP contribution in [-0.4, -0.2) is 15.7 Å². The summed E-state index contributed by atoms with van der Waals surface area (Å²) in [7, 11) is 0. The maximum absolute atomic E-state index is 12.3. The summed E-state index contributed by atoms with van der Waals surface area (Å²) in [5.41, 5.74) is 4.95. The summed E-state index contributed by atoms with van der Waals surface area (Å²) < 4.78 is 2.93. The molecule has 3 aromatic rings. The van der Waals surface area contributed by atoms with Crippen molar-refractivity contribution in [2.45, 2.75) is 26.8 Å². The van der Waals surface area contributed by atoms with Crippen LogP contribution in [0.4, 0.5) is 0 Å². The molecule has 0 unspecified atom stereocenters. The molecule has 0 fully saturated rings. The fraction of sp³-hybridized carbons (Fsp3) is 0.200. The van der Waals surface area contributed by atoms with E-state index >= 15 is 0 Å². The summed E-state index contributed by atoms with van der Waals surface area (Å²) in [5.74, 6) is 0.00160. The molecule has 3 rings (SSSR count). The average Bonchev–Trinajstić information content (AvgIpc) is 2.90. The SMILES string of the molecule is Cc1nn(-c2ccccc2)c(C)c1CC(=O)NCc1ccc(Br)cc1. The Morgan fingerprint density at radius 1 is 1.08 bits per heavy atom. The van der Waals surface area contributed by atoms with Crippen LogP contribution in [0.1, 0.15) is 22.5 Å². The molecule has 4 nitrogen and oxygen atoms in total. The van der Waals surface area contributed by atoms with E-state index in [0.717, 1.165) is 32.7 Å². The number of aryl methyl sites for hydroxylation is 1. The van der Waals surface area contributed by atoms with Crippen LogP contribution in [-0.2, 0) is 17.8 Å². The second kappa shape index (κ2) is 7.66. The van der Waals surface area contributed by atoms with Crippen molar-refractivity contribution >= 4 is 21.8 Å². The molecule has 5 heteroatoms. The van der Waals surface area contributed by atoms with Crippen molar-refractivity contribution in [1.29, 1.82) is 0 Å². The summed E-state index contributed by atoms with van der Waals surface area (Å²) >= 11 is 3.41. The van der Waals surface area contributed by atoms with Gasteiger partial charge in [0.1, 0.15) is 0 Å². The fourth-order valence-electron chi connectivity index (χ4n) is 2.78. The molecule has 0 aliphatic heterocycles. The lowest BCUT2D eigenvalue weighted by Crippen LogP contribution is -2.25. The Bertz CT molecular complexity index is 870. The topological polar surface area (TPSA) is 46.9 Å². The van der Waals surface area contributed by atoms with Crippen LogP contribution in [0.25, 0.3) is 5.69 Å². The molecule has 25 heavy (non-hydrogen) atoms. The number of rotatable bonds is 5. The monoisotopic (exact) mass is 397 g/mol. The maximum atomic E-state index is 12.3. The van der Waals surface area contributed by atoms with Crippen molar-refractivity contribution in [2.24, 2.45) is 0 Å². The summed E-state index contributed by atoms with van der Waals surface area (Å²) in [6, 6.07) is 17.9. The van der Waals surface area contributed by atoms with Crippen molar-refractivity contribution in [3.63, 3.8) is 0 Å². The molecule has 0 spiro atoms. The van der Waals surface area contributed by atoms with Gasteiger partial charge in [0.25, 0.3) is 0 Å². The van der Waals surface area contributed by atoms with E-state index in [9.17, 15) is 4.79 Å². The average molecular weight is 398 g/mol. The van der Waals surface area contributed by atoms with E-state index in [1.54, 1.807) is 0 Å². The first kappa shape index (κ1) is 17.4. The van der Waals surface area contributed by atoms with Gasteiger partial charge in [0.05, 0.1) is 17.8 Å². The van der Waals surface area contributed by atoms with Crippen molar-refractivity contribution in [1.82, 2.24) is 15.1 Å². The number of halogens is 1. The van der Waals surface area contributed by atoms with Gasteiger partial charge in [0.2, 0.25) is 5.91 Å². The highest BCUT2D eigenvalue weighted by Crippen LogP contribution is 2.18. The summed E-state index contributed by atoms with van der Waals surface area (Å²) in [6.45, 7) is 4.48. The van der Waals surface area contributed by atoms with Gasteiger partial charge in [-0.2, -0.15) is 5.10 Å². The van der Waals surface area contributed by atoms with Crippen molar-refractivity contribution in [3.8, 4) is 5.69 Å². The summed E-state index contributed by atoms with van der Waals surface area (Å²) in [6.07, 6.45) is 0.334. The summed E-state index contributed by atoms with van der Waals surface area (Å²) in [4.78, 5) is 12.3. The van der Waals surface area contributed by atoms with Crippen LogP contribution in [0.5, 0.6) is 0 Å². The van der Waals surface area contributed by atoms with Crippen molar-refractivity contribution < 1.29 is 4.79 Å². The first-order valence-electron chi connectivity index (χ1n) is 8.16. The van der Waals surface area contributed by atoms with E-state index in [-0.39, 0.29) is 5.91 Å². The molecule has 0 saturated heterocycles. The lowest BCUT2D eigenvalue weighted by Gasteiger charge is -2.07. The van der Waals surface area contributed by atoms with E-state index in [1.807, 2.05) is 73.1 Å². The minimum atomic E-state index is 0.00160. The quantitative estimate of drug-likeness (QED) is 0.703. The molecular weight excluding hydrogens is 378 g/mol. The van der Waals surface area contributed by atoms with Gasteiger partial charge < -0.3 is 5.32 Å². The molecule has 1 aromatic heterocycles. The molecular formula is C20H20BrN3O. The molecule has 0 aliphatic rings. The number of hydrogen-bond acceptors (Lipinski definition) is 2. The zero-order valence-corrected chi connectivity index (χ0v) is 15.9. The van der Waals surface area contributed by atoms with Gasteiger partial charge in [-0.15, -0.1) is 0 Å². The number of carbonyl (C=O) groups is 1. The first-order valence-corrected chi connectivity index (χ1v) is 8.95. The maximum Gasteiger partial charge on any atom is 0.224 e. The molecule has 0 radical (unpaired) electrons. The van der Waals surface area contributed by atoms with Crippen LogP contribution in [0.3, 0.4) is 0 Å². The lowest BCUT2D eigenvalue weighted by atomic mass is 10.1. The molecule has 0 atom stereocenters. The number of amides is 1. The lowest BCUT2D eigenvalue weighted by molar-refractivity contribution is -0.120. The standard InChI is InChI=1S/C20H20BrN3O/c1-14-19(15(2)24(23-14)18-6-4-3-5-7-18)12-20(25)22-13-16-8-10-17(21)11-9-16/h3-11H,12-13H2,1-2H3,(H,22,25). The predicted octanol–water partition coefficient (Wildman–Crippen LogP) is 4.11. The third-order valence-electron chi connectivity index (χ3n) is 4.18. The number of benzene rings is 2. The van der Waals surface area contributed by atoms with E-state index in [1.165, 1.54) is 0 Å². The minimum absolute atomic E-state index is 0.00160. The van der Waals surface area contributed by atoms with Crippen LogP contribution < -0.4 is 5.32 Å². The normalized spacial score (nSPS) is 10.7. The zero-order valence-electron chi connectivity index (χ0n) is 14.3. The Morgan fingerprint density at radius 3 is 2.44 bits per heavy atom. The first-order chi connectivity index (χ1) is 12.0. The Morgan fingerprint density at radius 2 is 1.76 bits per heavy atom. The van der Waals surface area contributed by atoms with Crippen LogP contribution in [0.2, 0.25) is 0 Å². The molecule has 2 aromatic carbocycles. The Balaban J connectivity index is 1.69. The van der Waals surface area contributed by atoms with Gasteiger partial charge in [-0.25, -0.2) is 4.68 Å². The molecule has 1 amide bonds. The number of nitrogens with one attached hydrogen (secondary N) is 1. The second-order valence-corrected chi connectivity index (χ2v) is 6.89. The fourth-order valence-corrected chi connectivity index (χ4v) is 3.04. The van der Waals surface area contributed by atoms with Crippen LogP contribution in [0, 0.1) is 13.8 Å². The predicted molar refractivity (Wildman–Crippen MR) is 103 cm³/mol. The smallest absolute Gasteiger partial charge is 0.224 e. The largest absolute Gasteiger partial charge is 0.352 e. The van der Waals surface area contributed by atoms with Gasteiger partial charge in [-0.1, -0.05) is 46.3 Å². The van der Waals surface area contributed by atoms with E-state index in [0.29, 0.717) is 13.0 Å². The molecule has 1 N–H and O–H groups in total. The van der Waals surface area contributed by atoms with E-state index in [2.05, 4.69) is 26.3 Å². The number of hydrogen-bond donors (Lipinski definition) is 1. The zero-order chi connectivity index (χ0) is 17.8. The van der Waals surface area contributed by atoms with Gasteiger partial charge in [-0.3, -0.25) is 4.79 Å². The van der Waals surface area contributed by atoms with Gasteiger partial charge in [0, 0.05) is 22.3 Å². The van der Waals surface area contributed by atoms with E-state index < -0.39 is 0 Å². The number of aromatic nitrogens is 2. The Kier molecular flexibility index (Phi) is 5.34. The van der Waals surface area contributed by atoms with Crippen LogP contribution in [0.15, 0.2) is 59.1 Å². The number of carbonyl (C=O) groups excluding carboxylic acids is 1. The summed E-state index contributed by atoms with van der Waals surface area (Å²) in [5, 5.41) is 7.57. The molecule has 128 valence electrons. The molecule has 1 heterocycles. The third-order valence-corrected chi connectivity index (χ3v) is 4.71. The van der Waals surface area contributed by atoms with Gasteiger partial charge >= 0.3 is 0 Å². The van der Waals surface area contributed by atoms with Crippen LogP contribution >= 0.6 is 15.9 Å². The van der Waals surface area contributed by atoms with E-state index in [4.69, 9.17) is 0 Å². The third kappa shape index (κ3) is 4.17. The Hall–Kier alpha value is -2.40. The highest BCUT2D eigenvalue weighted by atomic mass is 79.9. The van der Waals surface area contributed by atoms with Crippen molar-refractivity contribution in [2.75, 3.05) is 0 Å². The second-order valence-electron chi connectivity index (χ2n) is 5.98. The van der Waals surface area contributed by atoms with Gasteiger partial charge in [0.15, 0.2) is 0 Å². The molecule has 0 bridgehead atoms. The Labute approximate surface area is 156 Å². The molecule has 0 saturated carbocycles. The highest BCUT2D eigenvalue weighted by Gasteiger charge is 2.15. The number of nitrogens with zero attached hydrogens (tertiary/aromatic N) is 2. The van der Waals surface area contributed by atoms with Crippen molar-refractivity contribution in [3.05, 3.63) is 81.6 Å². The number of para-hydroxylation sites is 1. The minimum Gasteiger partial charge on any atom is -0.352 e. The van der Waals surface area contributed by atoms with Gasteiger partial charge in [-0.05, 0) is 43.7 Å². The molecule has 0 aliphatic carbocycles.